The number of rotatable bonds is 4. The topological polar surface area (TPSA) is 100 Å². The maximum atomic E-state index is 12.7. The van der Waals surface area contributed by atoms with Crippen molar-refractivity contribution in [3.8, 4) is 17.5 Å². The van der Waals surface area contributed by atoms with Crippen LogP contribution in [0.4, 0.5) is 0 Å². The van der Waals surface area contributed by atoms with E-state index in [2.05, 4.69) is 20.3 Å². The number of fused-ring (bicyclic) bond motifs is 3. The van der Waals surface area contributed by atoms with Crippen LogP contribution in [0, 0.1) is 6.92 Å². The van der Waals surface area contributed by atoms with E-state index in [9.17, 15) is 4.79 Å². The summed E-state index contributed by atoms with van der Waals surface area (Å²) in [6.45, 7) is 1.96. The minimum atomic E-state index is -0.137. The zero-order valence-electron chi connectivity index (χ0n) is 16.0. The lowest BCUT2D eigenvalue weighted by Gasteiger charge is -2.08. The largest absolute Gasteiger partial charge is 0.441 e. The van der Waals surface area contributed by atoms with Gasteiger partial charge < -0.3 is 4.74 Å². The molecule has 10 heteroatoms. The average Bonchev–Trinajstić information content (AvgIpc) is 3.38. The van der Waals surface area contributed by atoms with Crippen LogP contribution in [0.25, 0.3) is 28.1 Å². The van der Waals surface area contributed by atoms with Crippen molar-refractivity contribution in [3.63, 3.8) is 0 Å². The fourth-order valence-corrected chi connectivity index (χ4v) is 3.52. The number of hydrogen-bond donors (Lipinski definition) is 0. The minimum absolute atomic E-state index is 0.0203. The van der Waals surface area contributed by atoms with Gasteiger partial charge in [0.2, 0.25) is 11.6 Å². The van der Waals surface area contributed by atoms with Gasteiger partial charge in [0.25, 0.3) is 5.56 Å². The molecule has 0 aliphatic rings. The fourth-order valence-electron chi connectivity index (χ4n) is 3.30. The molecule has 9 nitrogen and oxygen atoms in total. The Balaban J connectivity index is 1.51. The maximum Gasteiger partial charge on any atom is 0.418 e. The standard InChI is InChI=1S/C20H15ClN6O3/c1-11-7-8-15-13(9-11)18(28)26(2)19-24-23-16(27(15)19)10-29-20-22-17(25-30-20)12-5-3-4-6-14(12)21/h3-9H,10H2,1-2H3. The van der Waals surface area contributed by atoms with Gasteiger partial charge in [-0.2, -0.15) is 4.98 Å². The van der Waals surface area contributed by atoms with Gasteiger partial charge in [-0.15, -0.1) is 10.2 Å². The summed E-state index contributed by atoms with van der Waals surface area (Å²) in [6.07, 6.45) is -0.0216. The predicted octanol–water partition coefficient (Wildman–Crippen LogP) is 3.17. The van der Waals surface area contributed by atoms with Gasteiger partial charge in [-0.1, -0.05) is 40.5 Å². The zero-order valence-corrected chi connectivity index (χ0v) is 16.8. The Morgan fingerprint density at radius 2 is 2.00 bits per heavy atom. The van der Waals surface area contributed by atoms with Crippen molar-refractivity contribution in [2.45, 2.75) is 13.5 Å². The van der Waals surface area contributed by atoms with Gasteiger partial charge in [-0.05, 0) is 31.2 Å². The van der Waals surface area contributed by atoms with Crippen LogP contribution < -0.4 is 10.3 Å². The minimum Gasteiger partial charge on any atom is -0.441 e. The number of aryl methyl sites for hydroxylation is 2. The molecule has 0 spiro atoms. The first-order chi connectivity index (χ1) is 14.5. The van der Waals surface area contributed by atoms with Crippen LogP contribution in [-0.4, -0.2) is 29.3 Å². The van der Waals surface area contributed by atoms with E-state index in [0.717, 1.165) is 5.56 Å². The van der Waals surface area contributed by atoms with Crippen LogP contribution in [0.3, 0.4) is 0 Å². The molecule has 5 aromatic rings. The van der Waals surface area contributed by atoms with Crippen LogP contribution in [0.15, 0.2) is 51.8 Å². The van der Waals surface area contributed by atoms with Gasteiger partial charge in [0.15, 0.2) is 12.4 Å². The van der Waals surface area contributed by atoms with E-state index in [1.165, 1.54) is 4.57 Å². The predicted molar refractivity (Wildman–Crippen MR) is 110 cm³/mol. The second kappa shape index (κ2) is 6.96. The first kappa shape index (κ1) is 18.3. The molecular weight excluding hydrogens is 408 g/mol. The van der Waals surface area contributed by atoms with E-state index in [-0.39, 0.29) is 18.2 Å². The van der Waals surface area contributed by atoms with Crippen molar-refractivity contribution in [1.29, 1.82) is 0 Å². The van der Waals surface area contributed by atoms with E-state index in [1.54, 1.807) is 23.6 Å². The van der Waals surface area contributed by atoms with E-state index in [0.29, 0.717) is 38.9 Å². The number of halogens is 1. The first-order valence-corrected chi connectivity index (χ1v) is 9.45. The van der Waals surface area contributed by atoms with Gasteiger partial charge >= 0.3 is 6.08 Å². The summed E-state index contributed by atoms with van der Waals surface area (Å²) < 4.78 is 14.1. The quantitative estimate of drug-likeness (QED) is 0.438. The number of ether oxygens (including phenoxy) is 1. The Morgan fingerprint density at radius 1 is 1.17 bits per heavy atom. The molecule has 0 bridgehead atoms. The number of nitrogens with zero attached hydrogens (tertiary/aromatic N) is 6. The highest BCUT2D eigenvalue weighted by molar-refractivity contribution is 6.33. The van der Waals surface area contributed by atoms with Crippen molar-refractivity contribution in [3.05, 3.63) is 69.2 Å². The summed E-state index contributed by atoms with van der Waals surface area (Å²) in [4.78, 5) is 16.9. The summed E-state index contributed by atoms with van der Waals surface area (Å²) in [7, 11) is 1.66. The summed E-state index contributed by atoms with van der Waals surface area (Å²) in [5.74, 6) is 1.23. The third kappa shape index (κ3) is 2.91. The summed E-state index contributed by atoms with van der Waals surface area (Å²) in [5.41, 5.74) is 2.19. The highest BCUT2D eigenvalue weighted by Gasteiger charge is 2.17. The molecule has 0 unspecified atom stereocenters. The van der Waals surface area contributed by atoms with Crippen molar-refractivity contribution >= 4 is 28.3 Å². The SMILES string of the molecule is Cc1ccc2c(c1)c(=O)n(C)c1nnc(COc3nc(-c4ccccc4Cl)no3)n21. The highest BCUT2D eigenvalue weighted by Crippen LogP contribution is 2.26. The molecule has 0 atom stereocenters. The summed E-state index contributed by atoms with van der Waals surface area (Å²) >= 11 is 6.17. The molecule has 0 amide bonds. The van der Waals surface area contributed by atoms with Crippen LogP contribution in [0.5, 0.6) is 6.08 Å². The summed E-state index contributed by atoms with van der Waals surface area (Å²) in [6, 6.07) is 12.8. The molecular formula is C20H15ClN6O3. The Bertz CT molecular complexity index is 1470. The van der Waals surface area contributed by atoms with E-state index < -0.39 is 0 Å². The highest BCUT2D eigenvalue weighted by atomic mass is 35.5. The average molecular weight is 423 g/mol. The normalized spacial score (nSPS) is 11.4. The van der Waals surface area contributed by atoms with Crippen LogP contribution in [-0.2, 0) is 13.7 Å². The summed E-state index contributed by atoms with van der Waals surface area (Å²) in [5, 5.41) is 13.3. The van der Waals surface area contributed by atoms with Crippen LogP contribution in [0.2, 0.25) is 5.02 Å². The third-order valence-electron chi connectivity index (χ3n) is 4.79. The molecule has 2 aromatic carbocycles. The molecule has 5 rings (SSSR count). The van der Waals surface area contributed by atoms with Gasteiger partial charge in [0.1, 0.15) is 0 Å². The van der Waals surface area contributed by atoms with Crippen LogP contribution in [0.1, 0.15) is 11.4 Å². The Morgan fingerprint density at radius 3 is 2.83 bits per heavy atom. The molecule has 0 fully saturated rings. The lowest BCUT2D eigenvalue weighted by molar-refractivity contribution is 0.190. The lowest BCUT2D eigenvalue weighted by Crippen LogP contribution is -2.20. The molecule has 0 aliphatic heterocycles. The first-order valence-electron chi connectivity index (χ1n) is 9.07. The number of benzene rings is 2. The van der Waals surface area contributed by atoms with Crippen molar-refractivity contribution < 1.29 is 9.26 Å². The second-order valence-corrected chi connectivity index (χ2v) is 7.20. The van der Waals surface area contributed by atoms with Gasteiger partial charge in [0, 0.05) is 12.6 Å². The second-order valence-electron chi connectivity index (χ2n) is 6.79. The molecule has 0 aliphatic carbocycles. The number of aromatic nitrogens is 6. The fraction of sp³-hybridized carbons (Fsp3) is 0.150. The molecule has 0 radical (unpaired) electrons. The van der Waals surface area contributed by atoms with Gasteiger partial charge in [0.05, 0.1) is 15.9 Å². The smallest absolute Gasteiger partial charge is 0.418 e. The molecule has 0 saturated heterocycles. The molecule has 3 aromatic heterocycles. The molecule has 30 heavy (non-hydrogen) atoms. The maximum absolute atomic E-state index is 12.7. The van der Waals surface area contributed by atoms with Crippen LogP contribution >= 0.6 is 11.6 Å². The zero-order chi connectivity index (χ0) is 20.8. The Labute approximate surface area is 174 Å². The molecule has 3 heterocycles. The molecule has 0 saturated carbocycles. The van der Waals surface area contributed by atoms with E-state index >= 15 is 0 Å². The van der Waals surface area contributed by atoms with E-state index in [4.69, 9.17) is 20.9 Å². The van der Waals surface area contributed by atoms with Gasteiger partial charge in [-0.25, -0.2) is 0 Å². The Kier molecular flexibility index (Phi) is 4.25. The van der Waals surface area contributed by atoms with Crippen molar-refractivity contribution in [2.24, 2.45) is 7.05 Å². The Hall–Kier alpha value is -3.72. The lowest BCUT2D eigenvalue weighted by atomic mass is 10.1. The third-order valence-corrected chi connectivity index (χ3v) is 5.12. The van der Waals surface area contributed by atoms with E-state index in [1.807, 2.05) is 37.3 Å². The number of hydrogen-bond acceptors (Lipinski definition) is 7. The molecule has 150 valence electrons. The van der Waals surface area contributed by atoms with Crippen molar-refractivity contribution in [2.75, 3.05) is 0 Å². The van der Waals surface area contributed by atoms with Crippen molar-refractivity contribution in [1.82, 2.24) is 29.3 Å². The monoisotopic (exact) mass is 422 g/mol. The molecule has 0 N–H and O–H groups in total. The van der Waals surface area contributed by atoms with Gasteiger partial charge in [-0.3, -0.25) is 18.3 Å².